The van der Waals surface area contributed by atoms with E-state index >= 15 is 0 Å². The van der Waals surface area contributed by atoms with E-state index in [1.807, 2.05) is 0 Å². The van der Waals surface area contributed by atoms with Gasteiger partial charge in [-0.05, 0) is 12.8 Å². The summed E-state index contributed by atoms with van der Waals surface area (Å²) < 4.78 is 0.328. The van der Waals surface area contributed by atoms with Gasteiger partial charge in [0, 0.05) is 12.6 Å². The van der Waals surface area contributed by atoms with Gasteiger partial charge in [-0.2, -0.15) is 5.26 Å². The van der Waals surface area contributed by atoms with Crippen LogP contribution in [0.25, 0.3) is 0 Å². The zero-order valence-electron chi connectivity index (χ0n) is 11.4. The standard InChI is InChI=1S/C14H15Cl3N2OS/c15-10-11(16)13(17)21-12(10)14(20)19(8-4-7-18)9-5-2-1-3-6-9/h9H,1-6,8H2. The molecule has 0 aliphatic heterocycles. The van der Waals surface area contributed by atoms with Gasteiger partial charge >= 0.3 is 0 Å². The van der Waals surface area contributed by atoms with Gasteiger partial charge < -0.3 is 4.90 Å². The van der Waals surface area contributed by atoms with Crippen molar-refractivity contribution in [3.05, 3.63) is 19.3 Å². The molecule has 0 aromatic carbocycles. The summed E-state index contributed by atoms with van der Waals surface area (Å²) in [5, 5.41) is 9.26. The van der Waals surface area contributed by atoms with Crippen molar-refractivity contribution < 1.29 is 4.79 Å². The zero-order chi connectivity index (χ0) is 15.4. The lowest BCUT2D eigenvalue weighted by molar-refractivity contribution is 0.0645. The summed E-state index contributed by atoms with van der Waals surface area (Å²) in [4.78, 5) is 14.9. The number of hydrogen-bond acceptors (Lipinski definition) is 3. The summed E-state index contributed by atoms with van der Waals surface area (Å²) in [7, 11) is 0. The monoisotopic (exact) mass is 364 g/mol. The first-order valence-corrected chi connectivity index (χ1v) is 8.82. The summed E-state index contributed by atoms with van der Waals surface area (Å²) in [6.45, 7) is 0.420. The van der Waals surface area contributed by atoms with Crippen molar-refractivity contribution in [3.63, 3.8) is 0 Å². The number of nitriles is 1. The van der Waals surface area contributed by atoms with E-state index < -0.39 is 0 Å². The molecule has 3 nitrogen and oxygen atoms in total. The third kappa shape index (κ3) is 3.84. The van der Waals surface area contributed by atoms with Crippen LogP contribution < -0.4 is 0 Å². The van der Waals surface area contributed by atoms with E-state index in [1.54, 1.807) is 4.90 Å². The topological polar surface area (TPSA) is 44.1 Å². The van der Waals surface area contributed by atoms with E-state index in [2.05, 4.69) is 6.07 Å². The van der Waals surface area contributed by atoms with Crippen molar-refractivity contribution in [2.75, 3.05) is 6.54 Å². The predicted octanol–water partition coefficient (Wildman–Crippen LogP) is 5.40. The first-order chi connectivity index (χ1) is 10.1. The molecular weight excluding hydrogens is 351 g/mol. The van der Waals surface area contributed by atoms with Crippen molar-refractivity contribution in [2.45, 2.75) is 44.6 Å². The molecular formula is C14H15Cl3N2OS. The highest BCUT2D eigenvalue weighted by molar-refractivity contribution is 7.19. The van der Waals surface area contributed by atoms with Gasteiger partial charge in [0.1, 0.15) is 9.21 Å². The normalized spacial score (nSPS) is 15.7. The molecule has 1 heterocycles. The highest BCUT2D eigenvalue weighted by Gasteiger charge is 2.29. The average Bonchev–Trinajstić information content (AvgIpc) is 2.76. The highest BCUT2D eigenvalue weighted by atomic mass is 35.5. The van der Waals surface area contributed by atoms with Crippen LogP contribution in [0, 0.1) is 11.3 Å². The van der Waals surface area contributed by atoms with Gasteiger partial charge in [0.2, 0.25) is 0 Å². The van der Waals surface area contributed by atoms with E-state index in [0.717, 1.165) is 37.0 Å². The maximum absolute atomic E-state index is 12.8. The van der Waals surface area contributed by atoms with Gasteiger partial charge in [0.15, 0.2) is 0 Å². The van der Waals surface area contributed by atoms with Crippen LogP contribution in [0.15, 0.2) is 0 Å². The molecule has 1 amide bonds. The molecule has 1 saturated carbocycles. The molecule has 1 aliphatic rings. The van der Waals surface area contributed by atoms with E-state index in [-0.39, 0.29) is 22.0 Å². The summed E-state index contributed by atoms with van der Waals surface area (Å²) in [5.41, 5.74) is 0. The number of rotatable bonds is 4. The number of halogens is 3. The minimum Gasteiger partial charge on any atom is -0.334 e. The lowest BCUT2D eigenvalue weighted by Gasteiger charge is -2.33. The Morgan fingerprint density at radius 3 is 2.43 bits per heavy atom. The van der Waals surface area contributed by atoms with Gasteiger partial charge in [-0.3, -0.25) is 4.79 Å². The SMILES string of the molecule is N#CCCN(C(=O)c1sc(Cl)c(Cl)c1Cl)C1CCCCC1. The summed E-state index contributed by atoms with van der Waals surface area (Å²) in [5.74, 6) is -0.166. The molecule has 0 radical (unpaired) electrons. The Morgan fingerprint density at radius 1 is 1.24 bits per heavy atom. The quantitative estimate of drug-likeness (QED) is 0.717. The first-order valence-electron chi connectivity index (χ1n) is 6.87. The Kier molecular flexibility index (Phi) is 6.19. The Balaban J connectivity index is 2.24. The smallest absolute Gasteiger partial charge is 0.265 e. The molecule has 0 spiro atoms. The van der Waals surface area contributed by atoms with Gasteiger partial charge in [0.25, 0.3) is 5.91 Å². The summed E-state index contributed by atoms with van der Waals surface area (Å²) in [6.07, 6.45) is 5.69. The maximum Gasteiger partial charge on any atom is 0.265 e. The minimum atomic E-state index is -0.166. The fourth-order valence-corrected chi connectivity index (χ4v) is 4.40. The van der Waals surface area contributed by atoms with E-state index in [0.29, 0.717) is 22.2 Å². The zero-order valence-corrected chi connectivity index (χ0v) is 14.5. The Morgan fingerprint density at radius 2 is 1.90 bits per heavy atom. The van der Waals surface area contributed by atoms with E-state index in [9.17, 15) is 4.79 Å². The highest BCUT2D eigenvalue weighted by Crippen LogP contribution is 2.41. The van der Waals surface area contributed by atoms with E-state index in [1.165, 1.54) is 6.42 Å². The molecule has 1 aliphatic carbocycles. The van der Waals surface area contributed by atoms with Crippen LogP contribution in [-0.4, -0.2) is 23.4 Å². The average molecular weight is 366 g/mol. The molecule has 0 unspecified atom stereocenters. The second-order valence-corrected chi connectivity index (χ2v) is 7.41. The third-order valence-corrected chi connectivity index (χ3v) is 6.25. The second-order valence-electron chi connectivity index (χ2n) is 5.03. The van der Waals surface area contributed by atoms with Crippen LogP contribution in [0.2, 0.25) is 14.4 Å². The van der Waals surface area contributed by atoms with Crippen LogP contribution in [0.1, 0.15) is 48.2 Å². The molecule has 0 bridgehead atoms. The fourth-order valence-electron chi connectivity index (χ4n) is 2.65. The van der Waals surface area contributed by atoms with Crippen LogP contribution in [0.4, 0.5) is 0 Å². The molecule has 7 heteroatoms. The fraction of sp³-hybridized carbons (Fsp3) is 0.571. The molecule has 2 rings (SSSR count). The lowest BCUT2D eigenvalue weighted by Crippen LogP contribution is -2.41. The lowest BCUT2D eigenvalue weighted by atomic mass is 9.94. The molecule has 0 atom stereocenters. The molecule has 1 aromatic heterocycles. The molecule has 1 fully saturated rings. The van der Waals surface area contributed by atoms with Gasteiger partial charge in [-0.1, -0.05) is 54.1 Å². The molecule has 21 heavy (non-hydrogen) atoms. The van der Waals surface area contributed by atoms with Crippen molar-refractivity contribution in [2.24, 2.45) is 0 Å². The van der Waals surface area contributed by atoms with Crippen molar-refractivity contribution in [1.29, 1.82) is 5.26 Å². The second kappa shape index (κ2) is 7.69. The summed E-state index contributed by atoms with van der Waals surface area (Å²) in [6, 6.07) is 2.28. The number of carbonyl (C=O) groups is 1. The largest absolute Gasteiger partial charge is 0.334 e. The molecule has 0 N–H and O–H groups in total. The number of hydrogen-bond donors (Lipinski definition) is 0. The van der Waals surface area contributed by atoms with Crippen molar-refractivity contribution in [3.8, 4) is 6.07 Å². The van der Waals surface area contributed by atoms with Crippen LogP contribution >= 0.6 is 46.1 Å². The Labute approximate surface area is 143 Å². The molecule has 1 aromatic rings. The van der Waals surface area contributed by atoms with Gasteiger partial charge in [-0.15, -0.1) is 11.3 Å². The summed E-state index contributed by atoms with van der Waals surface area (Å²) >= 11 is 19.1. The van der Waals surface area contributed by atoms with Crippen LogP contribution in [0.5, 0.6) is 0 Å². The van der Waals surface area contributed by atoms with Crippen LogP contribution in [-0.2, 0) is 0 Å². The first kappa shape index (κ1) is 16.9. The van der Waals surface area contributed by atoms with Crippen molar-refractivity contribution in [1.82, 2.24) is 4.90 Å². The minimum absolute atomic E-state index is 0.166. The number of carbonyl (C=O) groups excluding carboxylic acids is 1. The Bertz CT molecular complexity index is 561. The predicted molar refractivity (Wildman–Crippen MR) is 87.5 cm³/mol. The molecule has 0 saturated heterocycles. The van der Waals surface area contributed by atoms with Crippen LogP contribution in [0.3, 0.4) is 0 Å². The third-order valence-electron chi connectivity index (χ3n) is 3.69. The number of thiophene rings is 1. The van der Waals surface area contributed by atoms with Gasteiger partial charge in [0.05, 0.1) is 22.5 Å². The van der Waals surface area contributed by atoms with Crippen molar-refractivity contribution >= 4 is 52.0 Å². The van der Waals surface area contributed by atoms with Gasteiger partial charge in [-0.25, -0.2) is 0 Å². The molecule has 114 valence electrons. The maximum atomic E-state index is 12.8. The number of amides is 1. The van der Waals surface area contributed by atoms with E-state index in [4.69, 9.17) is 40.1 Å². The number of nitrogens with zero attached hydrogens (tertiary/aromatic N) is 2. The Hall–Kier alpha value is -0.470.